The van der Waals surface area contributed by atoms with E-state index in [9.17, 15) is 0 Å². The molecule has 4 aromatic rings. The van der Waals surface area contributed by atoms with Gasteiger partial charge in [-0.3, -0.25) is 0 Å². The molecule has 0 atom stereocenters. The largest absolute Gasteiger partial charge is 0.456 e. The van der Waals surface area contributed by atoms with Gasteiger partial charge >= 0.3 is 0 Å². The first-order valence-corrected chi connectivity index (χ1v) is 8.86. The van der Waals surface area contributed by atoms with Gasteiger partial charge in [0.05, 0.1) is 5.56 Å². The van der Waals surface area contributed by atoms with Crippen molar-refractivity contribution < 1.29 is 4.42 Å². The molecule has 0 saturated heterocycles. The third kappa shape index (κ3) is 2.50. The number of furan rings is 1. The fourth-order valence-electron chi connectivity index (χ4n) is 3.36. The molecule has 0 saturated carbocycles. The topological polar surface area (TPSA) is 51.8 Å². The highest BCUT2D eigenvalue weighted by atomic mass is 35.5. The summed E-state index contributed by atoms with van der Waals surface area (Å²) in [4.78, 5) is 13.3. The standard InChI is InChI=1S/C21H14ClN3O/c22-21-24-19(13-7-2-1-3-8-13)23-20(25-21)16-11-6-10-15-14-9-4-5-12-17(14)26-18(15)16/h1-3,5-8,10-12H,4,9H2. The molecular weight excluding hydrogens is 346 g/mol. The van der Waals surface area contributed by atoms with Gasteiger partial charge < -0.3 is 4.42 Å². The molecule has 1 aliphatic rings. The first kappa shape index (κ1) is 15.3. The average Bonchev–Trinajstić information content (AvgIpc) is 3.07. The zero-order valence-corrected chi connectivity index (χ0v) is 14.6. The van der Waals surface area contributed by atoms with Crippen molar-refractivity contribution in [3.63, 3.8) is 0 Å². The van der Waals surface area contributed by atoms with Crippen LogP contribution in [0.2, 0.25) is 5.28 Å². The van der Waals surface area contributed by atoms with Crippen LogP contribution in [0.15, 0.2) is 59.0 Å². The SMILES string of the molecule is Clc1nc(-c2ccccc2)nc(-c2cccc3c4c(oc23)C=CCC4)n1. The number of nitrogens with zero attached hydrogens (tertiary/aromatic N) is 3. The maximum atomic E-state index is 6.20. The Morgan fingerprint density at radius 3 is 2.62 bits per heavy atom. The fraction of sp³-hybridized carbons (Fsp3) is 0.0952. The molecule has 26 heavy (non-hydrogen) atoms. The predicted molar refractivity (Wildman–Crippen MR) is 103 cm³/mol. The van der Waals surface area contributed by atoms with Crippen molar-refractivity contribution in [1.29, 1.82) is 0 Å². The van der Waals surface area contributed by atoms with Crippen LogP contribution in [-0.4, -0.2) is 15.0 Å². The minimum atomic E-state index is 0.169. The number of hydrogen-bond acceptors (Lipinski definition) is 4. The van der Waals surface area contributed by atoms with Gasteiger partial charge in [-0.25, -0.2) is 4.98 Å². The summed E-state index contributed by atoms with van der Waals surface area (Å²) in [5, 5.41) is 1.28. The Hall–Kier alpha value is -2.98. The lowest BCUT2D eigenvalue weighted by Gasteiger charge is -2.05. The third-order valence-electron chi connectivity index (χ3n) is 4.56. The fourth-order valence-corrected chi connectivity index (χ4v) is 3.52. The number of fused-ring (bicyclic) bond motifs is 3. The molecule has 4 nitrogen and oxygen atoms in total. The van der Waals surface area contributed by atoms with Crippen molar-refractivity contribution in [2.45, 2.75) is 12.8 Å². The Balaban J connectivity index is 1.72. The van der Waals surface area contributed by atoms with Crippen molar-refractivity contribution >= 4 is 28.6 Å². The van der Waals surface area contributed by atoms with Crippen LogP contribution in [0.1, 0.15) is 17.7 Å². The van der Waals surface area contributed by atoms with Gasteiger partial charge in [0.2, 0.25) is 5.28 Å². The van der Waals surface area contributed by atoms with E-state index in [1.807, 2.05) is 48.5 Å². The van der Waals surface area contributed by atoms with Gasteiger partial charge in [-0.15, -0.1) is 0 Å². The second-order valence-electron chi connectivity index (χ2n) is 6.19. The number of halogens is 1. The highest BCUT2D eigenvalue weighted by Gasteiger charge is 2.19. The molecule has 0 N–H and O–H groups in total. The van der Waals surface area contributed by atoms with E-state index in [4.69, 9.17) is 16.0 Å². The second kappa shape index (κ2) is 6.07. The number of aromatic nitrogens is 3. The van der Waals surface area contributed by atoms with Gasteiger partial charge in [0.25, 0.3) is 0 Å². The van der Waals surface area contributed by atoms with E-state index < -0.39 is 0 Å². The van der Waals surface area contributed by atoms with E-state index in [0.717, 1.165) is 40.7 Å². The number of rotatable bonds is 2. The first-order chi connectivity index (χ1) is 12.8. The number of hydrogen-bond donors (Lipinski definition) is 0. The van der Waals surface area contributed by atoms with Gasteiger partial charge in [-0.05, 0) is 36.6 Å². The van der Waals surface area contributed by atoms with E-state index in [1.165, 1.54) is 5.56 Å². The molecule has 5 heteroatoms. The van der Waals surface area contributed by atoms with Crippen LogP contribution in [0.4, 0.5) is 0 Å². The Kier molecular flexibility index (Phi) is 3.57. The van der Waals surface area contributed by atoms with Gasteiger partial charge in [-0.1, -0.05) is 48.5 Å². The lowest BCUT2D eigenvalue weighted by molar-refractivity contribution is 0.596. The van der Waals surface area contributed by atoms with Crippen LogP contribution in [0, 0.1) is 0 Å². The molecule has 0 spiro atoms. The van der Waals surface area contributed by atoms with Gasteiger partial charge in [0.1, 0.15) is 11.3 Å². The van der Waals surface area contributed by atoms with Crippen LogP contribution in [0.25, 0.3) is 39.8 Å². The Morgan fingerprint density at radius 1 is 0.885 bits per heavy atom. The summed E-state index contributed by atoms with van der Waals surface area (Å²) in [6.07, 6.45) is 6.19. The van der Waals surface area contributed by atoms with Crippen molar-refractivity contribution in [2.24, 2.45) is 0 Å². The Morgan fingerprint density at radius 2 is 1.73 bits per heavy atom. The smallest absolute Gasteiger partial charge is 0.226 e. The highest BCUT2D eigenvalue weighted by Crippen LogP contribution is 2.36. The van der Waals surface area contributed by atoms with Crippen molar-refractivity contribution in [3.8, 4) is 22.8 Å². The van der Waals surface area contributed by atoms with Crippen LogP contribution in [-0.2, 0) is 6.42 Å². The molecule has 0 bridgehead atoms. The summed E-state index contributed by atoms with van der Waals surface area (Å²) < 4.78 is 6.13. The molecule has 5 rings (SSSR count). The van der Waals surface area contributed by atoms with E-state index in [0.29, 0.717) is 11.6 Å². The first-order valence-electron chi connectivity index (χ1n) is 8.48. The highest BCUT2D eigenvalue weighted by molar-refractivity contribution is 6.28. The maximum absolute atomic E-state index is 6.20. The van der Waals surface area contributed by atoms with Crippen molar-refractivity contribution in [2.75, 3.05) is 0 Å². The van der Waals surface area contributed by atoms with Crippen molar-refractivity contribution in [3.05, 3.63) is 71.2 Å². The molecule has 0 amide bonds. The number of aryl methyl sites for hydroxylation is 1. The molecule has 0 aliphatic heterocycles. The average molecular weight is 360 g/mol. The minimum Gasteiger partial charge on any atom is -0.456 e. The summed E-state index contributed by atoms with van der Waals surface area (Å²) in [6.45, 7) is 0. The van der Waals surface area contributed by atoms with Crippen LogP contribution in [0.3, 0.4) is 0 Å². The van der Waals surface area contributed by atoms with E-state index >= 15 is 0 Å². The number of benzene rings is 2. The van der Waals surface area contributed by atoms with Crippen molar-refractivity contribution in [1.82, 2.24) is 15.0 Å². The number of para-hydroxylation sites is 1. The summed E-state index contributed by atoms with van der Waals surface area (Å²) in [5.74, 6) is 1.99. The van der Waals surface area contributed by atoms with Gasteiger partial charge in [0, 0.05) is 16.5 Å². The molecule has 2 aromatic heterocycles. The molecule has 0 unspecified atom stereocenters. The van der Waals surface area contributed by atoms with E-state index in [2.05, 4.69) is 27.1 Å². The Bertz CT molecular complexity index is 1150. The molecule has 126 valence electrons. The lowest BCUT2D eigenvalue weighted by Crippen LogP contribution is -1.97. The quantitative estimate of drug-likeness (QED) is 0.470. The monoisotopic (exact) mass is 359 g/mol. The predicted octanol–water partition coefficient (Wildman–Crippen LogP) is 5.56. The lowest BCUT2D eigenvalue weighted by atomic mass is 10.00. The minimum absolute atomic E-state index is 0.169. The molecule has 0 radical (unpaired) electrons. The molecule has 2 heterocycles. The normalized spacial score (nSPS) is 13.1. The van der Waals surface area contributed by atoms with Crippen LogP contribution in [0.5, 0.6) is 0 Å². The summed E-state index contributed by atoms with van der Waals surface area (Å²) in [5.41, 5.74) is 3.76. The van der Waals surface area contributed by atoms with E-state index in [1.54, 1.807) is 0 Å². The van der Waals surface area contributed by atoms with Gasteiger partial charge in [-0.2, -0.15) is 9.97 Å². The van der Waals surface area contributed by atoms with Crippen LogP contribution >= 0.6 is 11.6 Å². The number of allylic oxidation sites excluding steroid dienone is 1. The zero-order chi connectivity index (χ0) is 17.5. The summed E-state index contributed by atoms with van der Waals surface area (Å²) in [6, 6.07) is 15.8. The summed E-state index contributed by atoms with van der Waals surface area (Å²) in [7, 11) is 0. The van der Waals surface area contributed by atoms with Crippen LogP contribution < -0.4 is 0 Å². The molecule has 2 aromatic carbocycles. The second-order valence-corrected chi connectivity index (χ2v) is 6.52. The molecule has 0 fully saturated rings. The molecular formula is C21H14ClN3O. The maximum Gasteiger partial charge on any atom is 0.226 e. The van der Waals surface area contributed by atoms with Gasteiger partial charge in [0.15, 0.2) is 11.6 Å². The zero-order valence-electron chi connectivity index (χ0n) is 13.8. The Labute approximate surface area is 155 Å². The molecule has 1 aliphatic carbocycles. The summed E-state index contributed by atoms with van der Waals surface area (Å²) >= 11 is 6.20. The van der Waals surface area contributed by atoms with E-state index in [-0.39, 0.29) is 5.28 Å². The third-order valence-corrected chi connectivity index (χ3v) is 4.73.